The van der Waals surface area contributed by atoms with Gasteiger partial charge in [0.1, 0.15) is 12.2 Å². The molecule has 1 aromatic rings. The molecule has 1 aromatic heterocycles. The average Bonchev–Trinajstić information content (AvgIpc) is 2.43. The minimum Gasteiger partial charge on any atom is -0.468 e. The minimum absolute atomic E-state index is 0.191. The van der Waals surface area contributed by atoms with E-state index in [4.69, 9.17) is 0 Å². The fraction of sp³-hybridized carbons (Fsp3) is 0.455. The zero-order valence-electron chi connectivity index (χ0n) is 10.6. The van der Waals surface area contributed by atoms with Gasteiger partial charge in [-0.25, -0.2) is 9.97 Å². The number of rotatable bonds is 6. The quantitative estimate of drug-likeness (QED) is 0.478. The number of thioether (sulfide) groups is 1. The molecule has 0 fully saturated rings. The Labute approximate surface area is 123 Å². The van der Waals surface area contributed by atoms with Gasteiger partial charge in [-0.1, -0.05) is 18.7 Å². The summed E-state index contributed by atoms with van der Waals surface area (Å²) in [4.78, 5) is 31.1. The maximum Gasteiger partial charge on any atom is 0.325 e. The number of amides is 1. The molecule has 1 amide bonds. The lowest BCUT2D eigenvalue weighted by Crippen LogP contribution is -2.31. The predicted molar refractivity (Wildman–Crippen MR) is 75.1 cm³/mol. The Morgan fingerprint density at radius 1 is 1.53 bits per heavy atom. The smallest absolute Gasteiger partial charge is 0.325 e. The second kappa shape index (κ2) is 8.11. The van der Waals surface area contributed by atoms with Crippen molar-refractivity contribution in [2.24, 2.45) is 0 Å². The standard InChI is InChI=1S/C11H14BrN3O3S/c1-3-4-19-11-14-5-7(12)9(15-11)10(17)13-6-8(16)18-2/h5H,3-4,6H2,1-2H3,(H,13,17). The second-order valence-electron chi connectivity index (χ2n) is 3.46. The highest BCUT2D eigenvalue weighted by atomic mass is 79.9. The van der Waals surface area contributed by atoms with Crippen LogP contribution in [0.2, 0.25) is 0 Å². The van der Waals surface area contributed by atoms with Gasteiger partial charge in [0, 0.05) is 11.9 Å². The molecule has 1 heterocycles. The van der Waals surface area contributed by atoms with Crippen molar-refractivity contribution in [1.82, 2.24) is 15.3 Å². The van der Waals surface area contributed by atoms with E-state index in [0.29, 0.717) is 9.63 Å². The van der Waals surface area contributed by atoms with Crippen LogP contribution in [0.1, 0.15) is 23.8 Å². The van der Waals surface area contributed by atoms with Gasteiger partial charge in [-0.05, 0) is 22.4 Å². The van der Waals surface area contributed by atoms with Crippen LogP contribution in [0.5, 0.6) is 0 Å². The molecule has 0 aliphatic carbocycles. The zero-order valence-corrected chi connectivity index (χ0v) is 13.0. The first-order valence-corrected chi connectivity index (χ1v) is 7.36. The molecule has 0 bridgehead atoms. The molecule has 1 rings (SSSR count). The Bertz CT molecular complexity index is 470. The van der Waals surface area contributed by atoms with E-state index in [0.717, 1.165) is 12.2 Å². The van der Waals surface area contributed by atoms with Crippen molar-refractivity contribution in [3.63, 3.8) is 0 Å². The Kier molecular flexibility index (Phi) is 6.79. The molecule has 0 radical (unpaired) electrons. The first-order chi connectivity index (χ1) is 9.08. The molecule has 0 aliphatic rings. The number of hydrogen-bond donors (Lipinski definition) is 1. The highest BCUT2D eigenvalue weighted by molar-refractivity contribution is 9.10. The largest absolute Gasteiger partial charge is 0.468 e. The number of halogens is 1. The molecule has 0 atom stereocenters. The number of ether oxygens (including phenoxy) is 1. The Hall–Kier alpha value is -1.15. The van der Waals surface area contributed by atoms with Crippen LogP contribution in [0.4, 0.5) is 0 Å². The number of methoxy groups -OCH3 is 1. The lowest BCUT2D eigenvalue weighted by atomic mass is 10.4. The fourth-order valence-electron chi connectivity index (χ4n) is 1.08. The third-order valence-electron chi connectivity index (χ3n) is 1.99. The number of hydrogen-bond acceptors (Lipinski definition) is 6. The van der Waals surface area contributed by atoms with Crippen molar-refractivity contribution in [1.29, 1.82) is 0 Å². The van der Waals surface area contributed by atoms with E-state index in [1.807, 2.05) is 0 Å². The first kappa shape index (κ1) is 15.9. The van der Waals surface area contributed by atoms with Crippen molar-refractivity contribution in [2.75, 3.05) is 19.4 Å². The monoisotopic (exact) mass is 347 g/mol. The topological polar surface area (TPSA) is 81.2 Å². The molecule has 6 nitrogen and oxygen atoms in total. The van der Waals surface area contributed by atoms with E-state index in [-0.39, 0.29) is 12.2 Å². The van der Waals surface area contributed by atoms with Gasteiger partial charge in [0.15, 0.2) is 5.16 Å². The SMILES string of the molecule is CCCSc1ncc(Br)c(C(=O)NCC(=O)OC)n1. The van der Waals surface area contributed by atoms with Crippen molar-refractivity contribution in [3.05, 3.63) is 16.4 Å². The number of esters is 1. The molecule has 104 valence electrons. The summed E-state index contributed by atoms with van der Waals surface area (Å²) in [6.45, 7) is 1.86. The Morgan fingerprint density at radius 3 is 2.89 bits per heavy atom. The van der Waals surface area contributed by atoms with Crippen molar-refractivity contribution >= 4 is 39.6 Å². The normalized spacial score (nSPS) is 10.1. The van der Waals surface area contributed by atoms with Gasteiger partial charge in [0.25, 0.3) is 5.91 Å². The van der Waals surface area contributed by atoms with Crippen molar-refractivity contribution < 1.29 is 14.3 Å². The Morgan fingerprint density at radius 2 is 2.26 bits per heavy atom. The van der Waals surface area contributed by atoms with E-state index in [1.54, 1.807) is 0 Å². The van der Waals surface area contributed by atoms with Gasteiger partial charge in [0.2, 0.25) is 0 Å². The second-order valence-corrected chi connectivity index (χ2v) is 5.37. The summed E-state index contributed by atoms with van der Waals surface area (Å²) in [5.74, 6) is -0.0812. The lowest BCUT2D eigenvalue weighted by molar-refractivity contribution is -0.139. The molecule has 0 unspecified atom stereocenters. The van der Waals surface area contributed by atoms with Gasteiger partial charge in [-0.2, -0.15) is 0 Å². The predicted octanol–water partition coefficient (Wildman–Crippen LogP) is 1.64. The van der Waals surface area contributed by atoms with Crippen LogP contribution in [-0.2, 0) is 9.53 Å². The van der Waals surface area contributed by atoms with Crippen LogP contribution in [0.25, 0.3) is 0 Å². The summed E-state index contributed by atoms with van der Waals surface area (Å²) in [5, 5.41) is 2.97. The van der Waals surface area contributed by atoms with Crippen LogP contribution in [0, 0.1) is 0 Å². The maximum atomic E-state index is 11.9. The molecule has 8 heteroatoms. The van der Waals surface area contributed by atoms with Gasteiger partial charge in [0.05, 0.1) is 11.6 Å². The summed E-state index contributed by atoms with van der Waals surface area (Å²) >= 11 is 4.69. The highest BCUT2D eigenvalue weighted by Crippen LogP contribution is 2.19. The summed E-state index contributed by atoms with van der Waals surface area (Å²) in [7, 11) is 1.26. The van der Waals surface area contributed by atoms with E-state index in [9.17, 15) is 9.59 Å². The molecule has 0 spiro atoms. The summed E-state index contributed by atoms with van der Waals surface area (Å²) in [5.41, 5.74) is 0.206. The maximum absolute atomic E-state index is 11.9. The summed E-state index contributed by atoms with van der Waals surface area (Å²) < 4.78 is 4.92. The molecular formula is C11H14BrN3O3S. The van der Waals surface area contributed by atoms with Crippen LogP contribution >= 0.6 is 27.7 Å². The number of nitrogens with zero attached hydrogens (tertiary/aromatic N) is 2. The Balaban J connectivity index is 2.74. The number of aromatic nitrogens is 2. The fourth-order valence-corrected chi connectivity index (χ4v) is 2.12. The van der Waals surface area contributed by atoms with E-state index >= 15 is 0 Å². The van der Waals surface area contributed by atoms with Crippen LogP contribution in [0.15, 0.2) is 15.8 Å². The molecule has 0 aliphatic heterocycles. The summed E-state index contributed by atoms with van der Waals surface area (Å²) in [6.07, 6.45) is 2.52. The molecular weight excluding hydrogens is 334 g/mol. The van der Waals surface area contributed by atoms with Crippen LogP contribution < -0.4 is 5.32 Å². The number of nitrogens with one attached hydrogen (secondary N) is 1. The van der Waals surface area contributed by atoms with Gasteiger partial charge in [-0.3, -0.25) is 9.59 Å². The average molecular weight is 348 g/mol. The molecule has 1 N–H and O–H groups in total. The van der Waals surface area contributed by atoms with Crippen LogP contribution in [0.3, 0.4) is 0 Å². The number of carbonyl (C=O) groups excluding carboxylic acids is 2. The zero-order chi connectivity index (χ0) is 14.3. The lowest BCUT2D eigenvalue weighted by Gasteiger charge is -2.06. The van der Waals surface area contributed by atoms with E-state index in [2.05, 4.69) is 42.9 Å². The molecule has 0 saturated carbocycles. The third-order valence-corrected chi connectivity index (χ3v) is 3.64. The first-order valence-electron chi connectivity index (χ1n) is 5.58. The molecule has 0 saturated heterocycles. The third kappa shape index (κ3) is 5.15. The molecule has 19 heavy (non-hydrogen) atoms. The van der Waals surface area contributed by atoms with Gasteiger partial charge in [-0.15, -0.1) is 0 Å². The highest BCUT2D eigenvalue weighted by Gasteiger charge is 2.15. The van der Waals surface area contributed by atoms with Crippen molar-refractivity contribution in [3.8, 4) is 0 Å². The van der Waals surface area contributed by atoms with E-state index < -0.39 is 11.9 Å². The van der Waals surface area contributed by atoms with Gasteiger partial charge >= 0.3 is 5.97 Å². The molecule has 0 aromatic carbocycles. The van der Waals surface area contributed by atoms with Gasteiger partial charge < -0.3 is 10.1 Å². The van der Waals surface area contributed by atoms with E-state index in [1.165, 1.54) is 25.1 Å². The van der Waals surface area contributed by atoms with Crippen LogP contribution in [-0.4, -0.2) is 41.3 Å². The van der Waals surface area contributed by atoms with Crippen molar-refractivity contribution in [2.45, 2.75) is 18.5 Å². The number of carbonyl (C=O) groups is 2. The minimum atomic E-state index is -0.515. The summed E-state index contributed by atoms with van der Waals surface area (Å²) in [6, 6.07) is 0.